The van der Waals surface area contributed by atoms with E-state index in [1.165, 1.54) is 25.3 Å². The first kappa shape index (κ1) is 17.8. The predicted octanol–water partition coefficient (Wildman–Crippen LogP) is 2.56. The molecule has 0 aliphatic rings. The van der Waals surface area contributed by atoms with Gasteiger partial charge in [0.1, 0.15) is 11.9 Å². The molecule has 24 heavy (non-hydrogen) atoms. The molecule has 0 spiro atoms. The zero-order valence-corrected chi connectivity index (χ0v) is 14.3. The number of thiazole rings is 1. The summed E-state index contributed by atoms with van der Waals surface area (Å²) in [6.07, 6.45) is 0. The van der Waals surface area contributed by atoms with Gasteiger partial charge in [-0.1, -0.05) is 0 Å². The lowest BCUT2D eigenvalue weighted by atomic mass is 10.1. The Hall–Kier alpha value is -2.51. The molecule has 1 heterocycles. The van der Waals surface area contributed by atoms with Crippen LogP contribution < -0.4 is 10.0 Å². The van der Waals surface area contributed by atoms with Crippen molar-refractivity contribution >= 4 is 38.1 Å². The molecule has 2 aromatic rings. The molecule has 0 aliphatic heterocycles. The second-order valence-electron chi connectivity index (χ2n) is 4.99. The number of rotatable bonds is 5. The van der Waals surface area contributed by atoms with Crippen LogP contribution in [-0.2, 0) is 10.0 Å². The molecule has 0 aliphatic carbocycles. The van der Waals surface area contributed by atoms with Crippen LogP contribution in [-0.4, -0.2) is 24.6 Å². The number of hydrogen-bond donors (Lipinski definition) is 2. The van der Waals surface area contributed by atoms with E-state index in [0.717, 1.165) is 23.5 Å². The van der Waals surface area contributed by atoms with Gasteiger partial charge in [0, 0.05) is 5.38 Å². The number of nitrogens with one attached hydrogen (secondary N) is 2. The van der Waals surface area contributed by atoms with Crippen LogP contribution in [0.5, 0.6) is 0 Å². The van der Waals surface area contributed by atoms with E-state index >= 15 is 0 Å². The first-order chi connectivity index (χ1) is 11.2. The minimum Gasteiger partial charge on any atom is -0.298 e. The number of nitriles is 1. The SMILES string of the molecule is CC(C)S(=O)(=O)Nc1cc(F)ccc1C(=O)Nc1nc(C#N)cs1. The third-order valence-corrected chi connectivity index (χ3v) is 5.44. The Bertz CT molecular complexity index is 916. The maximum atomic E-state index is 13.5. The largest absolute Gasteiger partial charge is 0.298 e. The Morgan fingerprint density at radius 3 is 2.71 bits per heavy atom. The summed E-state index contributed by atoms with van der Waals surface area (Å²) in [6.45, 7) is 2.92. The normalized spacial score (nSPS) is 11.1. The molecule has 0 fully saturated rings. The molecule has 7 nitrogen and oxygen atoms in total. The van der Waals surface area contributed by atoms with Crippen LogP contribution in [0, 0.1) is 17.1 Å². The molecular formula is C14H13FN4O3S2. The van der Waals surface area contributed by atoms with Crippen LogP contribution >= 0.6 is 11.3 Å². The average molecular weight is 368 g/mol. The molecule has 0 saturated heterocycles. The molecule has 0 radical (unpaired) electrons. The van der Waals surface area contributed by atoms with Crippen molar-refractivity contribution in [2.45, 2.75) is 19.1 Å². The Balaban J connectivity index is 2.32. The molecule has 10 heteroatoms. The number of benzene rings is 1. The third-order valence-electron chi connectivity index (χ3n) is 2.94. The van der Waals surface area contributed by atoms with Crippen LogP contribution in [0.1, 0.15) is 29.9 Å². The second-order valence-corrected chi connectivity index (χ2v) is 8.08. The Morgan fingerprint density at radius 1 is 1.42 bits per heavy atom. The van der Waals surface area contributed by atoms with Crippen molar-refractivity contribution in [2.24, 2.45) is 0 Å². The molecule has 0 atom stereocenters. The molecule has 0 saturated carbocycles. The van der Waals surface area contributed by atoms with Crippen LogP contribution in [0.4, 0.5) is 15.2 Å². The van der Waals surface area contributed by atoms with Gasteiger partial charge in [-0.05, 0) is 32.0 Å². The molecular weight excluding hydrogens is 355 g/mol. The Labute approximate surface area is 142 Å². The number of amides is 1. The van der Waals surface area contributed by atoms with E-state index < -0.39 is 27.0 Å². The van der Waals surface area contributed by atoms with Crippen LogP contribution in [0.2, 0.25) is 0 Å². The fourth-order valence-corrected chi connectivity index (χ4v) is 2.96. The van der Waals surface area contributed by atoms with Crippen molar-refractivity contribution in [3.05, 3.63) is 40.7 Å². The quantitative estimate of drug-likeness (QED) is 0.842. The fraction of sp³-hybridized carbons (Fsp3) is 0.214. The highest BCUT2D eigenvalue weighted by molar-refractivity contribution is 7.93. The zero-order valence-electron chi connectivity index (χ0n) is 12.7. The monoisotopic (exact) mass is 368 g/mol. The van der Waals surface area contributed by atoms with Gasteiger partial charge < -0.3 is 0 Å². The number of nitrogens with zero attached hydrogens (tertiary/aromatic N) is 2. The van der Waals surface area contributed by atoms with Crippen molar-refractivity contribution in [2.75, 3.05) is 10.0 Å². The average Bonchev–Trinajstić information content (AvgIpc) is 2.94. The zero-order chi connectivity index (χ0) is 17.9. The number of carbonyl (C=O) groups excluding carboxylic acids is 1. The smallest absolute Gasteiger partial charge is 0.259 e. The van der Waals surface area contributed by atoms with Crippen LogP contribution in [0.25, 0.3) is 0 Å². The maximum Gasteiger partial charge on any atom is 0.259 e. The number of halogens is 1. The van der Waals surface area contributed by atoms with Gasteiger partial charge in [-0.15, -0.1) is 11.3 Å². The van der Waals surface area contributed by atoms with E-state index in [9.17, 15) is 17.6 Å². The van der Waals surface area contributed by atoms with Gasteiger partial charge in [0.15, 0.2) is 10.8 Å². The summed E-state index contributed by atoms with van der Waals surface area (Å²) < 4.78 is 39.6. The number of sulfonamides is 1. The highest BCUT2D eigenvalue weighted by Crippen LogP contribution is 2.22. The minimum atomic E-state index is -3.75. The lowest BCUT2D eigenvalue weighted by Crippen LogP contribution is -2.24. The Morgan fingerprint density at radius 2 is 2.12 bits per heavy atom. The molecule has 2 N–H and O–H groups in total. The molecule has 126 valence electrons. The lowest BCUT2D eigenvalue weighted by molar-refractivity contribution is 0.102. The second kappa shape index (κ2) is 6.94. The first-order valence-corrected chi connectivity index (χ1v) is 9.13. The number of anilines is 2. The highest BCUT2D eigenvalue weighted by Gasteiger charge is 2.21. The minimum absolute atomic E-state index is 0.0608. The van der Waals surface area contributed by atoms with E-state index in [-0.39, 0.29) is 22.1 Å². The van der Waals surface area contributed by atoms with E-state index in [1.54, 1.807) is 0 Å². The summed E-state index contributed by atoms with van der Waals surface area (Å²) in [5.41, 5.74) is -0.0808. The molecule has 1 amide bonds. The van der Waals surface area contributed by atoms with Gasteiger partial charge in [-0.3, -0.25) is 14.8 Å². The summed E-state index contributed by atoms with van der Waals surface area (Å²) >= 11 is 1.05. The predicted molar refractivity (Wildman–Crippen MR) is 88.9 cm³/mol. The van der Waals surface area contributed by atoms with E-state index in [2.05, 4.69) is 15.0 Å². The molecule has 2 rings (SSSR count). The summed E-state index contributed by atoms with van der Waals surface area (Å²) in [6, 6.07) is 4.97. The van der Waals surface area contributed by atoms with Gasteiger partial charge in [-0.2, -0.15) is 5.26 Å². The number of hydrogen-bond acceptors (Lipinski definition) is 6. The van der Waals surface area contributed by atoms with Gasteiger partial charge in [-0.25, -0.2) is 17.8 Å². The molecule has 1 aromatic carbocycles. The Kier molecular flexibility index (Phi) is 5.16. The van der Waals surface area contributed by atoms with E-state index in [0.29, 0.717) is 0 Å². The van der Waals surface area contributed by atoms with Crippen LogP contribution in [0.3, 0.4) is 0 Å². The van der Waals surface area contributed by atoms with Crippen molar-refractivity contribution in [1.82, 2.24) is 4.98 Å². The highest BCUT2D eigenvalue weighted by atomic mass is 32.2. The molecule has 1 aromatic heterocycles. The van der Waals surface area contributed by atoms with Crippen molar-refractivity contribution in [3.8, 4) is 6.07 Å². The van der Waals surface area contributed by atoms with Crippen molar-refractivity contribution in [1.29, 1.82) is 5.26 Å². The van der Waals surface area contributed by atoms with Crippen LogP contribution in [0.15, 0.2) is 23.6 Å². The lowest BCUT2D eigenvalue weighted by Gasteiger charge is -2.14. The summed E-state index contributed by atoms with van der Waals surface area (Å²) in [5, 5.41) is 12.1. The van der Waals surface area contributed by atoms with Gasteiger partial charge in [0.05, 0.1) is 16.5 Å². The summed E-state index contributed by atoms with van der Waals surface area (Å²) in [4.78, 5) is 16.2. The number of carbonyl (C=O) groups is 1. The van der Waals surface area contributed by atoms with Crippen molar-refractivity contribution < 1.29 is 17.6 Å². The standard InChI is InChI=1S/C14H13FN4O3S2/c1-8(2)24(21,22)19-12-5-9(15)3-4-11(12)13(20)18-14-17-10(6-16)7-23-14/h3-5,7-8,19H,1-2H3,(H,17,18,20). The number of aromatic nitrogens is 1. The van der Waals surface area contributed by atoms with Gasteiger partial charge >= 0.3 is 0 Å². The molecule has 0 bridgehead atoms. The summed E-state index contributed by atoms with van der Waals surface area (Å²) in [7, 11) is -3.75. The topological polar surface area (TPSA) is 112 Å². The van der Waals surface area contributed by atoms with Crippen molar-refractivity contribution in [3.63, 3.8) is 0 Å². The van der Waals surface area contributed by atoms with E-state index in [4.69, 9.17) is 5.26 Å². The molecule has 0 unspecified atom stereocenters. The fourth-order valence-electron chi connectivity index (χ4n) is 1.62. The summed E-state index contributed by atoms with van der Waals surface area (Å²) in [5.74, 6) is -1.36. The maximum absolute atomic E-state index is 13.5. The first-order valence-electron chi connectivity index (χ1n) is 6.71. The van der Waals surface area contributed by atoms with Gasteiger partial charge in [0.2, 0.25) is 10.0 Å². The van der Waals surface area contributed by atoms with E-state index in [1.807, 2.05) is 6.07 Å². The third kappa shape index (κ3) is 4.06. The van der Waals surface area contributed by atoms with Gasteiger partial charge in [0.25, 0.3) is 5.91 Å².